The smallest absolute Gasteiger partial charge is 0.406 e. The van der Waals surface area contributed by atoms with E-state index in [1.165, 1.54) is 24.3 Å². The zero-order chi connectivity index (χ0) is 13.6. The molecule has 0 spiro atoms. The van der Waals surface area contributed by atoms with Gasteiger partial charge in [-0.25, -0.2) is 0 Å². The van der Waals surface area contributed by atoms with Gasteiger partial charge in [0.2, 0.25) is 0 Å². The predicted octanol–water partition coefficient (Wildman–Crippen LogP) is 3.42. The number of hydrogen-bond acceptors (Lipinski definition) is 3. The van der Waals surface area contributed by atoms with E-state index >= 15 is 0 Å². The van der Waals surface area contributed by atoms with Crippen LogP contribution in [0.3, 0.4) is 0 Å². The molecule has 0 aliphatic rings. The molecule has 1 rings (SSSR count). The van der Waals surface area contributed by atoms with E-state index in [2.05, 4.69) is 10.1 Å². The molecular weight excluding hydrogens is 247 g/mol. The molecule has 3 nitrogen and oxygen atoms in total. The highest BCUT2D eigenvalue weighted by Gasteiger charge is 2.30. The van der Waals surface area contributed by atoms with Gasteiger partial charge in [-0.1, -0.05) is 0 Å². The Hall–Kier alpha value is -1.43. The van der Waals surface area contributed by atoms with Crippen molar-refractivity contribution in [3.63, 3.8) is 0 Å². The van der Waals surface area contributed by atoms with Gasteiger partial charge in [0.1, 0.15) is 5.75 Å². The van der Waals surface area contributed by atoms with Crippen LogP contribution in [0.4, 0.5) is 18.9 Å². The molecule has 1 aromatic carbocycles. The Morgan fingerprint density at radius 3 is 2.28 bits per heavy atom. The molecule has 1 aromatic rings. The summed E-state index contributed by atoms with van der Waals surface area (Å²) < 4.78 is 44.8. The number of anilines is 1. The van der Waals surface area contributed by atoms with Crippen molar-refractivity contribution in [1.29, 1.82) is 0 Å². The van der Waals surface area contributed by atoms with Gasteiger partial charge >= 0.3 is 6.36 Å². The van der Waals surface area contributed by atoms with Crippen molar-refractivity contribution in [1.82, 2.24) is 0 Å². The van der Waals surface area contributed by atoms with Crippen molar-refractivity contribution in [2.24, 2.45) is 0 Å². The molecule has 6 heteroatoms. The average molecular weight is 263 g/mol. The maximum absolute atomic E-state index is 11.9. The second-order valence-electron chi connectivity index (χ2n) is 3.92. The van der Waals surface area contributed by atoms with Crippen molar-refractivity contribution in [2.45, 2.75) is 26.3 Å². The number of benzene rings is 1. The molecule has 1 N–H and O–H groups in total. The van der Waals surface area contributed by atoms with Gasteiger partial charge in [-0.3, -0.25) is 0 Å². The Morgan fingerprint density at radius 2 is 1.78 bits per heavy atom. The van der Waals surface area contributed by atoms with E-state index in [0.717, 1.165) is 5.69 Å². The van der Waals surface area contributed by atoms with Crippen molar-refractivity contribution < 1.29 is 22.6 Å². The number of alkyl halides is 3. The molecular formula is C12H16F3NO2. The molecule has 102 valence electrons. The molecule has 0 radical (unpaired) electrons. The third-order valence-electron chi connectivity index (χ3n) is 1.97. The highest BCUT2D eigenvalue weighted by molar-refractivity contribution is 5.46. The van der Waals surface area contributed by atoms with E-state index in [9.17, 15) is 13.2 Å². The van der Waals surface area contributed by atoms with Crippen LogP contribution in [-0.2, 0) is 4.74 Å². The zero-order valence-electron chi connectivity index (χ0n) is 10.3. The van der Waals surface area contributed by atoms with Crippen LogP contribution < -0.4 is 10.1 Å². The summed E-state index contributed by atoms with van der Waals surface area (Å²) in [6.07, 6.45) is -4.49. The number of hydrogen-bond donors (Lipinski definition) is 1. The second kappa shape index (κ2) is 6.49. The maximum Gasteiger partial charge on any atom is 0.573 e. The summed E-state index contributed by atoms with van der Waals surface area (Å²) in [4.78, 5) is 0. The Labute approximate surface area is 104 Å². The van der Waals surface area contributed by atoms with Gasteiger partial charge in [-0.15, -0.1) is 13.2 Å². The summed E-state index contributed by atoms with van der Waals surface area (Å²) >= 11 is 0. The van der Waals surface area contributed by atoms with E-state index in [-0.39, 0.29) is 11.9 Å². The first-order valence-corrected chi connectivity index (χ1v) is 5.58. The van der Waals surface area contributed by atoms with E-state index in [4.69, 9.17) is 4.74 Å². The molecule has 0 fully saturated rings. The quantitative estimate of drug-likeness (QED) is 0.798. The van der Waals surface area contributed by atoms with E-state index in [1.54, 1.807) is 0 Å². The number of ether oxygens (including phenoxy) is 2. The molecule has 0 saturated carbocycles. The van der Waals surface area contributed by atoms with Gasteiger partial charge in [0.05, 0.1) is 12.7 Å². The Balaban J connectivity index is 2.36. The molecule has 0 heterocycles. The third kappa shape index (κ3) is 6.34. The Morgan fingerprint density at radius 1 is 1.17 bits per heavy atom. The third-order valence-corrected chi connectivity index (χ3v) is 1.97. The first kappa shape index (κ1) is 14.6. The minimum Gasteiger partial charge on any atom is -0.406 e. The van der Waals surface area contributed by atoms with Crippen LogP contribution in [0.5, 0.6) is 5.75 Å². The lowest BCUT2D eigenvalue weighted by Crippen LogP contribution is -2.17. The van der Waals surface area contributed by atoms with Crippen LogP contribution >= 0.6 is 0 Å². The highest BCUT2D eigenvalue weighted by Crippen LogP contribution is 2.23. The lowest BCUT2D eigenvalue weighted by Gasteiger charge is -2.11. The van der Waals surface area contributed by atoms with Crippen LogP contribution in [0.2, 0.25) is 0 Å². The topological polar surface area (TPSA) is 30.5 Å². The van der Waals surface area contributed by atoms with Crippen molar-refractivity contribution in [3.8, 4) is 5.75 Å². The molecule has 0 aromatic heterocycles. The lowest BCUT2D eigenvalue weighted by atomic mass is 10.3. The van der Waals surface area contributed by atoms with Gasteiger partial charge in [0.15, 0.2) is 0 Å². The summed E-state index contributed by atoms with van der Waals surface area (Å²) in [5.41, 5.74) is 0.719. The summed E-state index contributed by atoms with van der Waals surface area (Å²) in [5.74, 6) is -0.230. The second-order valence-corrected chi connectivity index (χ2v) is 3.92. The van der Waals surface area contributed by atoms with Crippen molar-refractivity contribution >= 4 is 5.69 Å². The standard InChI is InChI=1S/C12H16F3NO2/c1-9(2)17-8-7-16-10-3-5-11(6-4-10)18-12(13,14)15/h3-6,9,16H,7-8H2,1-2H3. The number of rotatable bonds is 6. The Bertz CT molecular complexity index is 349. The van der Waals surface area contributed by atoms with Gasteiger partial charge < -0.3 is 14.8 Å². The number of nitrogens with one attached hydrogen (secondary N) is 1. The van der Waals surface area contributed by atoms with Crippen LogP contribution in [0.15, 0.2) is 24.3 Å². The largest absolute Gasteiger partial charge is 0.573 e. The SMILES string of the molecule is CC(C)OCCNc1ccc(OC(F)(F)F)cc1. The normalized spacial score (nSPS) is 11.7. The van der Waals surface area contributed by atoms with Crippen LogP contribution in [0.25, 0.3) is 0 Å². The molecule has 18 heavy (non-hydrogen) atoms. The molecule has 0 atom stereocenters. The minimum atomic E-state index is -4.65. The monoisotopic (exact) mass is 263 g/mol. The lowest BCUT2D eigenvalue weighted by molar-refractivity contribution is -0.274. The highest BCUT2D eigenvalue weighted by atomic mass is 19.4. The molecule has 0 unspecified atom stereocenters. The van der Waals surface area contributed by atoms with Gasteiger partial charge in [0, 0.05) is 12.2 Å². The fourth-order valence-corrected chi connectivity index (χ4v) is 1.26. The fourth-order valence-electron chi connectivity index (χ4n) is 1.26. The van der Waals surface area contributed by atoms with Crippen LogP contribution in [0, 0.1) is 0 Å². The van der Waals surface area contributed by atoms with E-state index in [1.807, 2.05) is 13.8 Å². The molecule has 0 amide bonds. The van der Waals surface area contributed by atoms with Crippen molar-refractivity contribution in [2.75, 3.05) is 18.5 Å². The maximum atomic E-state index is 11.9. The van der Waals surface area contributed by atoms with Gasteiger partial charge in [-0.05, 0) is 38.1 Å². The zero-order valence-corrected chi connectivity index (χ0v) is 10.3. The summed E-state index contributed by atoms with van der Waals surface area (Å²) in [7, 11) is 0. The minimum absolute atomic E-state index is 0.161. The molecule has 0 aliphatic carbocycles. The summed E-state index contributed by atoms with van der Waals surface area (Å²) in [5, 5.41) is 3.03. The first-order valence-electron chi connectivity index (χ1n) is 5.58. The fraction of sp³-hybridized carbons (Fsp3) is 0.500. The summed E-state index contributed by atoms with van der Waals surface area (Å²) in [6, 6.07) is 5.57. The van der Waals surface area contributed by atoms with Crippen molar-refractivity contribution in [3.05, 3.63) is 24.3 Å². The van der Waals surface area contributed by atoms with E-state index < -0.39 is 6.36 Å². The molecule has 0 saturated heterocycles. The molecule has 0 aliphatic heterocycles. The van der Waals surface area contributed by atoms with Crippen LogP contribution in [0.1, 0.15) is 13.8 Å². The summed E-state index contributed by atoms with van der Waals surface area (Å²) in [6.45, 7) is 5.00. The molecule has 0 bridgehead atoms. The Kier molecular flexibility index (Phi) is 5.27. The average Bonchev–Trinajstić information content (AvgIpc) is 2.24. The van der Waals surface area contributed by atoms with Crippen LogP contribution in [-0.4, -0.2) is 25.6 Å². The van der Waals surface area contributed by atoms with Gasteiger partial charge in [0.25, 0.3) is 0 Å². The number of halogens is 3. The van der Waals surface area contributed by atoms with E-state index in [0.29, 0.717) is 13.2 Å². The predicted molar refractivity (Wildman–Crippen MR) is 62.7 cm³/mol. The van der Waals surface area contributed by atoms with Gasteiger partial charge in [-0.2, -0.15) is 0 Å². The first-order chi connectivity index (χ1) is 8.37.